The number of aryl methyl sites for hydroxylation is 3. The Balaban J connectivity index is 2.33. The van der Waals surface area contributed by atoms with Gasteiger partial charge in [-0.15, -0.1) is 0 Å². The smallest absolute Gasteiger partial charge is 0.0276 e. The lowest BCUT2D eigenvalue weighted by atomic mass is 9.97. The summed E-state index contributed by atoms with van der Waals surface area (Å²) in [5.41, 5.74) is 4.64. The Kier molecular flexibility index (Phi) is 10.3. The van der Waals surface area contributed by atoms with E-state index >= 15 is 0 Å². The van der Waals surface area contributed by atoms with Crippen LogP contribution in [0, 0.1) is 6.92 Å². The van der Waals surface area contributed by atoms with Crippen molar-refractivity contribution in [3.63, 3.8) is 0 Å². The summed E-state index contributed by atoms with van der Waals surface area (Å²) in [6.45, 7) is 6.84. The van der Waals surface area contributed by atoms with Gasteiger partial charge in [-0.3, -0.25) is 0 Å². The Morgan fingerprint density at radius 2 is 1.24 bits per heavy atom. The molecule has 0 fully saturated rings. The van der Waals surface area contributed by atoms with Crippen molar-refractivity contribution < 1.29 is 0 Å². The van der Waals surface area contributed by atoms with Crippen molar-refractivity contribution in [1.82, 2.24) is 0 Å². The lowest BCUT2D eigenvalue weighted by molar-refractivity contribution is 0.627. The number of hydrogen-bond acceptors (Lipinski definition) is 0. The summed E-state index contributed by atoms with van der Waals surface area (Å²) in [4.78, 5) is 0. The summed E-state index contributed by atoms with van der Waals surface area (Å²) in [7, 11) is 0. The zero-order chi connectivity index (χ0) is 15.3. The van der Waals surface area contributed by atoms with Crippen LogP contribution in [0.15, 0.2) is 18.2 Å². The van der Waals surface area contributed by atoms with Gasteiger partial charge in [-0.05, 0) is 49.3 Å². The average Bonchev–Trinajstić information content (AvgIpc) is 2.49. The second-order valence-electron chi connectivity index (χ2n) is 6.59. The molecule has 0 radical (unpaired) electrons. The third kappa shape index (κ3) is 8.29. The normalized spacial score (nSPS) is 11.0. The van der Waals surface area contributed by atoms with Gasteiger partial charge in [0.05, 0.1) is 0 Å². The minimum Gasteiger partial charge on any atom is -0.0654 e. The molecule has 0 aliphatic rings. The Bertz CT molecular complexity index is 364. The van der Waals surface area contributed by atoms with E-state index in [4.69, 9.17) is 0 Å². The SMILES string of the molecule is CCCCCCCc1ccc(C)c(CCCCCCC)c1. The fraction of sp³-hybridized carbons (Fsp3) is 0.714. The molecule has 1 aromatic carbocycles. The number of benzene rings is 1. The molecule has 0 N–H and O–H groups in total. The Morgan fingerprint density at radius 1 is 0.667 bits per heavy atom. The first-order chi connectivity index (χ1) is 10.3. The van der Waals surface area contributed by atoms with E-state index in [1.54, 1.807) is 11.1 Å². The van der Waals surface area contributed by atoms with Gasteiger partial charge >= 0.3 is 0 Å². The lowest BCUT2D eigenvalue weighted by Crippen LogP contribution is -1.94. The highest BCUT2D eigenvalue weighted by Gasteiger charge is 2.01. The molecule has 0 aliphatic heterocycles. The van der Waals surface area contributed by atoms with Crippen molar-refractivity contribution in [3.8, 4) is 0 Å². The fourth-order valence-corrected chi connectivity index (χ4v) is 3.00. The molecular formula is C21H36. The predicted octanol–water partition coefficient (Wildman–Crippen LogP) is 7.02. The van der Waals surface area contributed by atoms with E-state index in [2.05, 4.69) is 39.0 Å². The van der Waals surface area contributed by atoms with Crippen molar-refractivity contribution in [3.05, 3.63) is 34.9 Å². The molecule has 0 unspecified atom stereocenters. The molecular weight excluding hydrogens is 252 g/mol. The quantitative estimate of drug-likeness (QED) is 0.362. The first-order valence-corrected chi connectivity index (χ1v) is 9.36. The third-order valence-electron chi connectivity index (χ3n) is 4.53. The van der Waals surface area contributed by atoms with Crippen LogP contribution in [0.5, 0.6) is 0 Å². The van der Waals surface area contributed by atoms with E-state index in [9.17, 15) is 0 Å². The van der Waals surface area contributed by atoms with E-state index in [1.807, 2.05) is 0 Å². The van der Waals surface area contributed by atoms with Crippen LogP contribution in [0.25, 0.3) is 0 Å². The molecule has 0 aliphatic carbocycles. The monoisotopic (exact) mass is 288 g/mol. The Morgan fingerprint density at radius 3 is 1.86 bits per heavy atom. The highest BCUT2D eigenvalue weighted by atomic mass is 14.1. The van der Waals surface area contributed by atoms with Crippen LogP contribution in [-0.2, 0) is 12.8 Å². The molecule has 0 bridgehead atoms. The van der Waals surface area contributed by atoms with Crippen LogP contribution >= 0.6 is 0 Å². The zero-order valence-corrected chi connectivity index (χ0v) is 14.7. The van der Waals surface area contributed by atoms with Crippen LogP contribution in [0.1, 0.15) is 94.7 Å². The van der Waals surface area contributed by atoms with Crippen LogP contribution in [0.4, 0.5) is 0 Å². The summed E-state index contributed by atoms with van der Waals surface area (Å²) in [6, 6.07) is 7.16. The van der Waals surface area contributed by atoms with E-state index < -0.39 is 0 Å². The van der Waals surface area contributed by atoms with Crippen molar-refractivity contribution in [2.45, 2.75) is 97.8 Å². The summed E-state index contributed by atoms with van der Waals surface area (Å²) in [5, 5.41) is 0. The molecule has 0 saturated carbocycles. The van der Waals surface area contributed by atoms with Gasteiger partial charge in [0.1, 0.15) is 0 Å². The maximum absolute atomic E-state index is 2.48. The molecule has 0 amide bonds. The number of unbranched alkanes of at least 4 members (excludes halogenated alkanes) is 8. The van der Waals surface area contributed by atoms with Crippen molar-refractivity contribution in [2.75, 3.05) is 0 Å². The van der Waals surface area contributed by atoms with E-state index in [1.165, 1.54) is 82.6 Å². The second kappa shape index (κ2) is 11.8. The van der Waals surface area contributed by atoms with Gasteiger partial charge in [-0.25, -0.2) is 0 Å². The van der Waals surface area contributed by atoms with Crippen LogP contribution in [0.3, 0.4) is 0 Å². The summed E-state index contributed by atoms with van der Waals surface area (Å²) < 4.78 is 0. The molecule has 120 valence electrons. The van der Waals surface area contributed by atoms with Gasteiger partial charge in [0, 0.05) is 0 Å². The number of rotatable bonds is 12. The lowest BCUT2D eigenvalue weighted by Gasteiger charge is -2.09. The number of hydrogen-bond donors (Lipinski definition) is 0. The van der Waals surface area contributed by atoms with Gasteiger partial charge in [-0.2, -0.15) is 0 Å². The Labute approximate surface area is 133 Å². The Hall–Kier alpha value is -0.780. The minimum atomic E-state index is 1.27. The van der Waals surface area contributed by atoms with E-state index in [0.717, 1.165) is 0 Å². The van der Waals surface area contributed by atoms with E-state index in [-0.39, 0.29) is 0 Å². The van der Waals surface area contributed by atoms with Gasteiger partial charge in [0.2, 0.25) is 0 Å². The topological polar surface area (TPSA) is 0 Å². The molecule has 0 heterocycles. The largest absolute Gasteiger partial charge is 0.0654 e. The highest BCUT2D eigenvalue weighted by molar-refractivity contribution is 5.31. The molecule has 0 atom stereocenters. The maximum atomic E-state index is 2.48. The van der Waals surface area contributed by atoms with Gasteiger partial charge in [0.25, 0.3) is 0 Å². The molecule has 1 rings (SSSR count). The molecule has 1 aromatic rings. The van der Waals surface area contributed by atoms with E-state index in [0.29, 0.717) is 0 Å². The minimum absolute atomic E-state index is 1.27. The molecule has 0 aromatic heterocycles. The molecule has 0 spiro atoms. The maximum Gasteiger partial charge on any atom is -0.0276 e. The summed E-state index contributed by atoms with van der Waals surface area (Å²) in [5.74, 6) is 0. The highest BCUT2D eigenvalue weighted by Crippen LogP contribution is 2.17. The van der Waals surface area contributed by atoms with Gasteiger partial charge in [-0.1, -0.05) is 83.4 Å². The molecule has 0 saturated heterocycles. The zero-order valence-electron chi connectivity index (χ0n) is 14.7. The predicted molar refractivity (Wildman–Crippen MR) is 96.1 cm³/mol. The first kappa shape index (κ1) is 18.3. The van der Waals surface area contributed by atoms with Crippen molar-refractivity contribution >= 4 is 0 Å². The first-order valence-electron chi connectivity index (χ1n) is 9.36. The molecule has 0 heteroatoms. The van der Waals surface area contributed by atoms with Gasteiger partial charge < -0.3 is 0 Å². The standard InChI is InChI=1S/C21H36/c1-4-6-8-10-12-14-20-17-16-19(3)21(18-20)15-13-11-9-7-5-2/h16-18H,4-15H2,1-3H3. The summed E-state index contributed by atoms with van der Waals surface area (Å²) in [6.07, 6.45) is 16.4. The van der Waals surface area contributed by atoms with Crippen LogP contribution < -0.4 is 0 Å². The molecule has 0 nitrogen and oxygen atoms in total. The van der Waals surface area contributed by atoms with Crippen LogP contribution in [-0.4, -0.2) is 0 Å². The average molecular weight is 289 g/mol. The second-order valence-corrected chi connectivity index (χ2v) is 6.59. The van der Waals surface area contributed by atoms with Crippen molar-refractivity contribution in [1.29, 1.82) is 0 Å². The third-order valence-corrected chi connectivity index (χ3v) is 4.53. The van der Waals surface area contributed by atoms with Crippen molar-refractivity contribution in [2.24, 2.45) is 0 Å². The molecule has 21 heavy (non-hydrogen) atoms. The fourth-order valence-electron chi connectivity index (χ4n) is 3.00. The summed E-state index contributed by atoms with van der Waals surface area (Å²) >= 11 is 0. The van der Waals surface area contributed by atoms with Gasteiger partial charge in [0.15, 0.2) is 0 Å². The van der Waals surface area contributed by atoms with Crippen LogP contribution in [0.2, 0.25) is 0 Å².